The van der Waals surface area contributed by atoms with Crippen LogP contribution in [0.4, 0.5) is 0 Å². The first-order valence-electron chi connectivity index (χ1n) is 9.48. The van der Waals surface area contributed by atoms with E-state index in [0.717, 1.165) is 55.1 Å². The van der Waals surface area contributed by atoms with Crippen molar-refractivity contribution in [3.05, 3.63) is 67.1 Å². The molecule has 0 spiro atoms. The van der Waals surface area contributed by atoms with Gasteiger partial charge in [-0.2, -0.15) is 0 Å². The van der Waals surface area contributed by atoms with Gasteiger partial charge < -0.3 is 9.97 Å². The van der Waals surface area contributed by atoms with Crippen molar-refractivity contribution in [2.75, 3.05) is 0 Å². The molecule has 0 saturated heterocycles. The van der Waals surface area contributed by atoms with Gasteiger partial charge in [0, 0.05) is 45.8 Å². The lowest BCUT2D eigenvalue weighted by Crippen LogP contribution is -1.86. The van der Waals surface area contributed by atoms with E-state index < -0.39 is 0 Å². The molecule has 4 aromatic heterocycles. The lowest BCUT2D eigenvalue weighted by atomic mass is 10.1. The Hall–Kier alpha value is -3.73. The minimum absolute atomic E-state index is 0.846. The summed E-state index contributed by atoms with van der Waals surface area (Å²) in [5.74, 6) is 0.846. The smallest absolute Gasteiger partial charge is 0.140 e. The van der Waals surface area contributed by atoms with E-state index in [0.29, 0.717) is 0 Å². The largest absolute Gasteiger partial charge is 0.360 e. The molecule has 4 heterocycles. The number of benzene rings is 2. The second-order valence-electron chi connectivity index (χ2n) is 6.36. The number of H-pyrrole nitrogens is 2. The average molecular weight is 365 g/mol. The van der Waals surface area contributed by atoms with E-state index in [1.807, 2.05) is 44.3 Å². The monoisotopic (exact) mass is 365 g/mol. The Balaban J connectivity index is 0.000000829. The number of imidazole rings is 1. The van der Waals surface area contributed by atoms with Crippen molar-refractivity contribution in [2.24, 2.45) is 0 Å². The zero-order chi connectivity index (χ0) is 19.1. The maximum atomic E-state index is 4.94. The molecule has 0 aliphatic carbocycles. The van der Waals surface area contributed by atoms with Gasteiger partial charge in [0.15, 0.2) is 0 Å². The van der Waals surface area contributed by atoms with Crippen LogP contribution < -0.4 is 0 Å². The first kappa shape index (κ1) is 16.4. The second kappa shape index (κ2) is 6.46. The lowest BCUT2D eigenvalue weighted by molar-refractivity contribution is 1.34. The van der Waals surface area contributed by atoms with E-state index in [1.54, 1.807) is 12.4 Å². The van der Waals surface area contributed by atoms with Crippen LogP contribution in [-0.4, -0.2) is 24.9 Å². The molecule has 2 aromatic carbocycles. The molecule has 0 amide bonds. The zero-order valence-electron chi connectivity index (χ0n) is 15.7. The summed E-state index contributed by atoms with van der Waals surface area (Å²) in [4.78, 5) is 20.9. The highest BCUT2D eigenvalue weighted by molar-refractivity contribution is 6.21. The Morgan fingerprint density at radius 1 is 0.714 bits per heavy atom. The third-order valence-corrected chi connectivity index (χ3v) is 4.91. The molecule has 0 radical (unpaired) electrons. The third kappa shape index (κ3) is 2.29. The number of hydrogen-bond donors (Lipinski definition) is 2. The fraction of sp³-hybridized carbons (Fsp3) is 0.0870. The highest BCUT2D eigenvalue weighted by Gasteiger charge is 2.16. The van der Waals surface area contributed by atoms with Crippen molar-refractivity contribution < 1.29 is 0 Å². The predicted octanol–water partition coefficient (Wildman–Crippen LogP) is 5.83. The molecule has 6 rings (SSSR count). The van der Waals surface area contributed by atoms with Crippen LogP contribution in [0, 0.1) is 0 Å². The molecule has 0 unspecified atom stereocenters. The summed E-state index contributed by atoms with van der Waals surface area (Å²) >= 11 is 0. The summed E-state index contributed by atoms with van der Waals surface area (Å²) in [6.07, 6.45) is 5.61. The minimum atomic E-state index is 0.846. The van der Waals surface area contributed by atoms with Crippen molar-refractivity contribution in [3.63, 3.8) is 0 Å². The number of nitrogens with zero attached hydrogens (tertiary/aromatic N) is 3. The van der Waals surface area contributed by atoms with Crippen LogP contribution in [0.25, 0.3) is 55.1 Å². The number of fused-ring (bicyclic) bond motifs is 7. The van der Waals surface area contributed by atoms with E-state index in [2.05, 4.69) is 44.2 Å². The minimum Gasteiger partial charge on any atom is -0.360 e. The Bertz CT molecular complexity index is 1370. The molecule has 5 heteroatoms. The van der Waals surface area contributed by atoms with Crippen molar-refractivity contribution in [1.82, 2.24) is 24.9 Å². The second-order valence-corrected chi connectivity index (χ2v) is 6.36. The van der Waals surface area contributed by atoms with Crippen molar-refractivity contribution in [1.29, 1.82) is 0 Å². The van der Waals surface area contributed by atoms with Crippen LogP contribution in [0.1, 0.15) is 13.8 Å². The van der Waals surface area contributed by atoms with Gasteiger partial charge in [-0.15, -0.1) is 0 Å². The van der Waals surface area contributed by atoms with E-state index in [4.69, 9.17) is 4.98 Å². The van der Waals surface area contributed by atoms with Crippen LogP contribution in [0.3, 0.4) is 0 Å². The highest BCUT2D eigenvalue weighted by Crippen LogP contribution is 2.34. The first-order valence-corrected chi connectivity index (χ1v) is 9.48. The third-order valence-electron chi connectivity index (χ3n) is 4.91. The SMILES string of the molecule is CC.c1ccc2c(-c3nc4c5cccnc5c5ncccc5c4[nH]3)c[nH]c2c1. The summed E-state index contributed by atoms with van der Waals surface area (Å²) in [5.41, 5.74) is 5.85. The van der Waals surface area contributed by atoms with Gasteiger partial charge in [-0.05, 0) is 30.3 Å². The fourth-order valence-electron chi connectivity index (χ4n) is 3.74. The van der Waals surface area contributed by atoms with Gasteiger partial charge in [-0.25, -0.2) is 4.98 Å². The zero-order valence-corrected chi connectivity index (χ0v) is 15.7. The number of para-hydroxylation sites is 1. The summed E-state index contributed by atoms with van der Waals surface area (Å²) < 4.78 is 0. The maximum Gasteiger partial charge on any atom is 0.140 e. The molecule has 0 aliphatic rings. The topological polar surface area (TPSA) is 70.2 Å². The Morgan fingerprint density at radius 2 is 1.39 bits per heavy atom. The number of aromatic nitrogens is 5. The van der Waals surface area contributed by atoms with Crippen molar-refractivity contribution in [2.45, 2.75) is 13.8 Å². The predicted molar refractivity (Wildman–Crippen MR) is 115 cm³/mol. The van der Waals surface area contributed by atoms with Crippen molar-refractivity contribution >= 4 is 43.7 Å². The van der Waals surface area contributed by atoms with Crippen LogP contribution in [-0.2, 0) is 0 Å². The quantitative estimate of drug-likeness (QED) is 0.360. The van der Waals surface area contributed by atoms with Crippen molar-refractivity contribution in [3.8, 4) is 11.4 Å². The van der Waals surface area contributed by atoms with Gasteiger partial charge in [-0.3, -0.25) is 9.97 Å². The molecule has 5 nitrogen and oxygen atoms in total. The molecule has 0 saturated carbocycles. The summed E-state index contributed by atoms with van der Waals surface area (Å²) in [7, 11) is 0. The van der Waals surface area contributed by atoms with E-state index in [9.17, 15) is 0 Å². The average Bonchev–Trinajstić information content (AvgIpc) is 3.40. The Morgan fingerprint density at radius 3 is 2.21 bits per heavy atom. The van der Waals surface area contributed by atoms with Crippen LogP contribution in [0.2, 0.25) is 0 Å². The molecule has 28 heavy (non-hydrogen) atoms. The number of aromatic amines is 2. The first-order chi connectivity index (χ1) is 13.9. The fourth-order valence-corrected chi connectivity index (χ4v) is 3.74. The Labute approximate surface area is 161 Å². The summed E-state index contributed by atoms with van der Waals surface area (Å²) in [6, 6.07) is 16.3. The van der Waals surface area contributed by atoms with Crippen LogP contribution in [0.5, 0.6) is 0 Å². The van der Waals surface area contributed by atoms with Crippen LogP contribution >= 0.6 is 0 Å². The normalized spacial score (nSPS) is 11.2. The van der Waals surface area contributed by atoms with Gasteiger partial charge in [0.1, 0.15) is 5.82 Å². The summed E-state index contributed by atoms with van der Waals surface area (Å²) in [5, 5.41) is 3.19. The summed E-state index contributed by atoms with van der Waals surface area (Å²) in [6.45, 7) is 4.00. The van der Waals surface area contributed by atoms with E-state index in [-0.39, 0.29) is 0 Å². The molecule has 6 aromatic rings. The molecule has 2 N–H and O–H groups in total. The van der Waals surface area contributed by atoms with Gasteiger partial charge in [0.05, 0.1) is 22.1 Å². The maximum absolute atomic E-state index is 4.94. The molecule has 0 aliphatic heterocycles. The Kier molecular flexibility index (Phi) is 3.79. The van der Waals surface area contributed by atoms with E-state index in [1.165, 1.54) is 0 Å². The number of rotatable bonds is 1. The lowest BCUT2D eigenvalue weighted by Gasteiger charge is -2.03. The van der Waals surface area contributed by atoms with Gasteiger partial charge in [-0.1, -0.05) is 32.0 Å². The molecule has 0 bridgehead atoms. The molecule has 0 atom stereocenters. The highest BCUT2D eigenvalue weighted by atomic mass is 14.9. The standard InChI is InChI=1S/C21H13N5.C2H6/c1-2-8-16-12(5-1)15(11-24-16)21-25-19-13-6-3-9-22-17(13)18-14(20(19)26-21)7-4-10-23-18;1-2/h1-11,24H,(H,25,26);1-2H3. The molecular weight excluding hydrogens is 346 g/mol. The molecule has 136 valence electrons. The number of hydrogen-bond acceptors (Lipinski definition) is 3. The molecular formula is C23H19N5. The van der Waals surface area contributed by atoms with Gasteiger partial charge in [0.25, 0.3) is 0 Å². The van der Waals surface area contributed by atoms with Crippen LogP contribution in [0.15, 0.2) is 67.1 Å². The van der Waals surface area contributed by atoms with E-state index >= 15 is 0 Å². The number of nitrogens with one attached hydrogen (secondary N) is 2. The number of pyridine rings is 2. The van der Waals surface area contributed by atoms with Gasteiger partial charge >= 0.3 is 0 Å². The van der Waals surface area contributed by atoms with Gasteiger partial charge in [0.2, 0.25) is 0 Å². The molecule has 0 fully saturated rings.